The van der Waals surface area contributed by atoms with Crippen LogP contribution in [0.3, 0.4) is 0 Å². The molecule has 0 unspecified atom stereocenters. The van der Waals surface area contributed by atoms with Gasteiger partial charge in [0, 0.05) is 14.1 Å². The molecular formula is C23H27N3O5S. The molecule has 2 aromatic rings. The molecule has 9 heteroatoms. The van der Waals surface area contributed by atoms with Crippen LogP contribution >= 0.6 is 0 Å². The summed E-state index contributed by atoms with van der Waals surface area (Å²) < 4.78 is 25.9. The predicted octanol–water partition coefficient (Wildman–Crippen LogP) is 2.84. The number of sulfonamides is 1. The van der Waals surface area contributed by atoms with Crippen molar-refractivity contribution in [1.82, 2.24) is 4.31 Å². The lowest BCUT2D eigenvalue weighted by Crippen LogP contribution is -2.45. The highest BCUT2D eigenvalue weighted by molar-refractivity contribution is 7.89. The van der Waals surface area contributed by atoms with E-state index in [2.05, 4.69) is 36.6 Å². The number of nitrogens with zero attached hydrogens (tertiary/aromatic N) is 1. The fourth-order valence-corrected chi connectivity index (χ4v) is 5.38. The highest BCUT2D eigenvalue weighted by Gasteiger charge is 2.39. The molecular weight excluding hydrogens is 430 g/mol. The third-order valence-corrected chi connectivity index (χ3v) is 8.30. The quantitative estimate of drug-likeness (QED) is 0.451. The number of hydrogen-bond donors (Lipinski definition) is 3. The van der Waals surface area contributed by atoms with Gasteiger partial charge >= 0.3 is 0 Å². The van der Waals surface area contributed by atoms with Gasteiger partial charge in [0.1, 0.15) is 16.3 Å². The first kappa shape index (κ1) is 22.3. The monoisotopic (exact) mass is 457 g/mol. The second-order valence-electron chi connectivity index (χ2n) is 9.20. The van der Waals surface area contributed by atoms with Gasteiger partial charge in [0.2, 0.25) is 10.0 Å². The van der Waals surface area contributed by atoms with Gasteiger partial charge in [-0.2, -0.15) is 0 Å². The number of nitrogens with one attached hydrogen (secondary N) is 2. The minimum Gasteiger partial charge on any atom is -0.504 e. The number of hydrogen-bond acceptors (Lipinski definition) is 7. The maximum atomic E-state index is 12.5. The van der Waals surface area contributed by atoms with Crippen LogP contribution < -0.4 is 21.5 Å². The molecule has 2 aromatic carbocycles. The van der Waals surface area contributed by atoms with E-state index in [9.17, 15) is 23.1 Å². The standard InChI is InChI=1S/C23H27N3O5S/c1-23(2)12-11-13-7-5-8-14(13)22(23)25-18-17(20(28)21(18)29)24-15-9-6-10-16(19(15)27)32(30,31)26(3)4/h5-6,8-10,22,24-25,27H,7,11-12H2,1-4H3/t22-/m0/s1. The van der Waals surface area contributed by atoms with Gasteiger partial charge in [0.05, 0.1) is 11.7 Å². The Kier molecular flexibility index (Phi) is 5.29. The van der Waals surface area contributed by atoms with Gasteiger partial charge in [0.15, 0.2) is 5.75 Å². The summed E-state index contributed by atoms with van der Waals surface area (Å²) >= 11 is 0. The minimum atomic E-state index is -3.89. The third-order valence-electron chi connectivity index (χ3n) is 6.45. The van der Waals surface area contributed by atoms with E-state index in [4.69, 9.17) is 0 Å². The fourth-order valence-electron chi connectivity index (χ4n) is 4.38. The average Bonchev–Trinajstić information content (AvgIpc) is 3.20. The Morgan fingerprint density at radius 1 is 1.12 bits per heavy atom. The molecule has 0 fully saturated rings. The molecule has 3 N–H and O–H groups in total. The van der Waals surface area contributed by atoms with Crippen molar-refractivity contribution >= 4 is 27.1 Å². The van der Waals surface area contributed by atoms with Crippen molar-refractivity contribution < 1.29 is 13.5 Å². The molecule has 0 aliphatic heterocycles. The maximum absolute atomic E-state index is 12.5. The van der Waals surface area contributed by atoms with E-state index >= 15 is 0 Å². The molecule has 0 amide bonds. The van der Waals surface area contributed by atoms with Crippen LogP contribution in [-0.4, -0.2) is 38.0 Å². The molecule has 0 aromatic heterocycles. The van der Waals surface area contributed by atoms with Crippen molar-refractivity contribution in [3.05, 3.63) is 61.9 Å². The number of phenolic OH excluding ortho intramolecular Hbond substituents is 1. The number of allylic oxidation sites excluding steroid dienone is 2. The molecule has 2 aliphatic carbocycles. The molecule has 0 saturated heterocycles. The zero-order valence-corrected chi connectivity index (χ0v) is 19.3. The van der Waals surface area contributed by atoms with Crippen LogP contribution in [0.25, 0.3) is 0 Å². The number of para-hydroxylation sites is 1. The Morgan fingerprint density at radius 2 is 1.81 bits per heavy atom. The summed E-state index contributed by atoms with van der Waals surface area (Å²) in [5.74, 6) is -0.512. The molecule has 1 atom stereocenters. The molecule has 2 aliphatic rings. The van der Waals surface area contributed by atoms with E-state index in [1.165, 1.54) is 37.9 Å². The van der Waals surface area contributed by atoms with Crippen LogP contribution in [-0.2, 0) is 10.0 Å². The smallest absolute Gasteiger partial charge is 0.253 e. The molecule has 0 radical (unpaired) electrons. The first-order valence-electron chi connectivity index (χ1n) is 10.4. The highest BCUT2D eigenvalue weighted by Crippen LogP contribution is 2.45. The molecule has 0 bridgehead atoms. The van der Waals surface area contributed by atoms with Crippen molar-refractivity contribution in [3.63, 3.8) is 0 Å². The summed E-state index contributed by atoms with van der Waals surface area (Å²) in [5, 5.41) is 16.6. The maximum Gasteiger partial charge on any atom is 0.253 e. The topological polar surface area (TPSA) is 116 Å². The second kappa shape index (κ2) is 7.60. The molecule has 0 spiro atoms. The SMILES string of the molecule is CN(C)S(=O)(=O)c1cccc(Nc2c(N[C@H]3C4=C(CC=C4)CCC3(C)C)c(=O)c2=O)c1O. The van der Waals surface area contributed by atoms with Crippen molar-refractivity contribution in [3.8, 4) is 5.75 Å². The number of phenols is 1. The van der Waals surface area contributed by atoms with E-state index < -0.39 is 26.6 Å². The van der Waals surface area contributed by atoms with E-state index in [0.717, 1.165) is 29.1 Å². The third kappa shape index (κ3) is 3.45. The molecule has 0 saturated carbocycles. The fraction of sp³-hybridized carbons (Fsp3) is 0.391. The van der Waals surface area contributed by atoms with Crippen molar-refractivity contribution in [1.29, 1.82) is 0 Å². The van der Waals surface area contributed by atoms with Gasteiger partial charge < -0.3 is 15.7 Å². The normalized spacial score (nSPS) is 20.1. The lowest BCUT2D eigenvalue weighted by molar-refractivity contribution is 0.290. The number of anilines is 3. The summed E-state index contributed by atoms with van der Waals surface area (Å²) in [5.41, 5.74) is 1.24. The molecule has 4 rings (SSSR count). The van der Waals surface area contributed by atoms with Crippen molar-refractivity contribution in [2.45, 2.75) is 44.0 Å². The Bertz CT molecular complexity index is 1330. The summed E-state index contributed by atoms with van der Waals surface area (Å²) in [6.07, 6.45) is 7.05. The summed E-state index contributed by atoms with van der Waals surface area (Å²) in [7, 11) is -1.17. The average molecular weight is 458 g/mol. The van der Waals surface area contributed by atoms with Gasteiger partial charge in [-0.1, -0.05) is 37.6 Å². The number of aromatic hydroxyl groups is 1. The van der Waals surface area contributed by atoms with E-state index in [1.807, 2.05) is 0 Å². The van der Waals surface area contributed by atoms with Crippen LogP contribution in [0.4, 0.5) is 17.1 Å². The van der Waals surface area contributed by atoms with Crippen LogP contribution in [0, 0.1) is 5.41 Å². The van der Waals surface area contributed by atoms with Gasteiger partial charge in [-0.3, -0.25) is 9.59 Å². The largest absolute Gasteiger partial charge is 0.504 e. The molecule has 170 valence electrons. The minimum absolute atomic E-state index is 0.0233. The van der Waals surface area contributed by atoms with Crippen LogP contribution in [0.2, 0.25) is 0 Å². The van der Waals surface area contributed by atoms with Gasteiger partial charge in [-0.15, -0.1) is 0 Å². The Hall–Kier alpha value is -2.91. The van der Waals surface area contributed by atoms with Gasteiger partial charge in [-0.05, 0) is 42.4 Å². The Morgan fingerprint density at radius 3 is 2.50 bits per heavy atom. The summed E-state index contributed by atoms with van der Waals surface area (Å²) in [4.78, 5) is 24.5. The predicted molar refractivity (Wildman–Crippen MR) is 125 cm³/mol. The van der Waals surface area contributed by atoms with Crippen molar-refractivity contribution in [2.75, 3.05) is 24.7 Å². The second-order valence-corrected chi connectivity index (χ2v) is 11.3. The first-order valence-corrected chi connectivity index (χ1v) is 11.9. The molecule has 0 heterocycles. The van der Waals surface area contributed by atoms with Gasteiger partial charge in [-0.25, -0.2) is 12.7 Å². The van der Waals surface area contributed by atoms with Crippen LogP contribution in [0.15, 0.2) is 56.0 Å². The van der Waals surface area contributed by atoms with Crippen LogP contribution in [0.5, 0.6) is 5.75 Å². The Labute approximate surface area is 187 Å². The van der Waals surface area contributed by atoms with Crippen LogP contribution in [0.1, 0.15) is 33.1 Å². The lowest BCUT2D eigenvalue weighted by atomic mass is 9.70. The number of benzene rings is 1. The zero-order chi connectivity index (χ0) is 23.4. The number of rotatable bonds is 6. The first-order chi connectivity index (χ1) is 14.9. The summed E-state index contributed by atoms with van der Waals surface area (Å²) in [6, 6.07) is 4.06. The molecule has 8 nitrogen and oxygen atoms in total. The van der Waals surface area contributed by atoms with Gasteiger partial charge in [0.25, 0.3) is 10.9 Å². The zero-order valence-electron chi connectivity index (χ0n) is 18.5. The summed E-state index contributed by atoms with van der Waals surface area (Å²) in [6.45, 7) is 4.25. The highest BCUT2D eigenvalue weighted by atomic mass is 32.2. The van der Waals surface area contributed by atoms with E-state index in [-0.39, 0.29) is 33.4 Å². The van der Waals surface area contributed by atoms with Crippen molar-refractivity contribution in [2.24, 2.45) is 5.41 Å². The van der Waals surface area contributed by atoms with E-state index in [0.29, 0.717) is 0 Å². The lowest BCUT2D eigenvalue weighted by Gasteiger charge is -2.41. The molecule has 32 heavy (non-hydrogen) atoms. The van der Waals surface area contributed by atoms with E-state index in [1.54, 1.807) is 0 Å². The Balaban J connectivity index is 1.69.